The number of carbonyl (C=O) groups excluding carboxylic acids is 2. The van der Waals surface area contributed by atoms with Gasteiger partial charge in [-0.05, 0) is 41.5 Å². The molecule has 1 aliphatic rings. The van der Waals surface area contributed by atoms with E-state index in [9.17, 15) is 9.59 Å². The van der Waals surface area contributed by atoms with E-state index in [0.717, 1.165) is 21.8 Å². The lowest BCUT2D eigenvalue weighted by Gasteiger charge is -2.32. The molecule has 140 valence electrons. The standard InChI is InChI=1S/C21H21ClN2O2S/c1-15(25)24-12-10-16-4-2-3-5-19(16)20(24)14-21(26)23-11-13-27-18-8-6-17(22)7-9-18/h2-10,12,20H,11,13-14H2,1H3,(H,23,26). The van der Waals surface area contributed by atoms with E-state index < -0.39 is 0 Å². The highest BCUT2D eigenvalue weighted by Crippen LogP contribution is 2.32. The minimum atomic E-state index is -0.271. The maximum absolute atomic E-state index is 12.4. The summed E-state index contributed by atoms with van der Waals surface area (Å²) in [5, 5.41) is 3.67. The van der Waals surface area contributed by atoms with Crippen LogP contribution < -0.4 is 5.32 Å². The summed E-state index contributed by atoms with van der Waals surface area (Å²) in [5.41, 5.74) is 2.05. The number of hydrogen-bond donors (Lipinski definition) is 1. The van der Waals surface area contributed by atoms with E-state index in [1.807, 2.05) is 54.6 Å². The molecule has 1 N–H and O–H groups in total. The normalized spacial score (nSPS) is 15.3. The van der Waals surface area contributed by atoms with Gasteiger partial charge in [-0.2, -0.15) is 0 Å². The fraction of sp³-hybridized carbons (Fsp3) is 0.238. The summed E-state index contributed by atoms with van der Waals surface area (Å²) in [4.78, 5) is 27.2. The van der Waals surface area contributed by atoms with Crippen molar-refractivity contribution < 1.29 is 9.59 Å². The first-order valence-corrected chi connectivity index (χ1v) is 10.1. The van der Waals surface area contributed by atoms with Gasteiger partial charge in [0.05, 0.1) is 12.5 Å². The number of hydrogen-bond acceptors (Lipinski definition) is 3. The van der Waals surface area contributed by atoms with E-state index in [1.54, 1.807) is 22.9 Å². The summed E-state index contributed by atoms with van der Waals surface area (Å²) in [6.07, 6.45) is 3.92. The molecule has 1 unspecified atom stereocenters. The average Bonchev–Trinajstić information content (AvgIpc) is 2.66. The number of nitrogens with zero attached hydrogens (tertiary/aromatic N) is 1. The van der Waals surface area contributed by atoms with Gasteiger partial charge in [-0.1, -0.05) is 35.9 Å². The molecule has 0 fully saturated rings. The molecule has 0 spiro atoms. The minimum Gasteiger partial charge on any atom is -0.355 e. The number of rotatable bonds is 6. The highest BCUT2D eigenvalue weighted by molar-refractivity contribution is 7.99. The molecule has 1 aliphatic heterocycles. The Bertz CT molecular complexity index is 852. The van der Waals surface area contributed by atoms with E-state index >= 15 is 0 Å². The second-order valence-corrected chi connectivity index (χ2v) is 7.85. The summed E-state index contributed by atoms with van der Waals surface area (Å²) in [6.45, 7) is 2.09. The predicted octanol–water partition coefficient (Wildman–Crippen LogP) is 4.51. The Morgan fingerprint density at radius 1 is 1.15 bits per heavy atom. The van der Waals surface area contributed by atoms with Crippen LogP contribution in [0.1, 0.15) is 30.5 Å². The number of carbonyl (C=O) groups is 2. The molecule has 6 heteroatoms. The lowest BCUT2D eigenvalue weighted by Crippen LogP contribution is -2.35. The quantitative estimate of drug-likeness (QED) is 0.573. The number of amides is 2. The van der Waals surface area contributed by atoms with Crippen molar-refractivity contribution in [1.82, 2.24) is 10.2 Å². The van der Waals surface area contributed by atoms with Crippen molar-refractivity contribution in [2.75, 3.05) is 12.3 Å². The first-order chi connectivity index (χ1) is 13.0. The van der Waals surface area contributed by atoms with Crippen molar-refractivity contribution in [3.05, 3.63) is 70.9 Å². The van der Waals surface area contributed by atoms with Gasteiger partial charge in [0.25, 0.3) is 0 Å². The maximum atomic E-state index is 12.4. The van der Waals surface area contributed by atoms with Crippen LogP contribution in [-0.2, 0) is 9.59 Å². The van der Waals surface area contributed by atoms with Crippen LogP contribution in [0.4, 0.5) is 0 Å². The Hall–Kier alpha value is -2.24. The predicted molar refractivity (Wildman–Crippen MR) is 111 cm³/mol. The van der Waals surface area contributed by atoms with Crippen LogP contribution in [0, 0.1) is 0 Å². The highest BCUT2D eigenvalue weighted by Gasteiger charge is 2.27. The number of nitrogens with one attached hydrogen (secondary N) is 1. The second-order valence-electron chi connectivity index (χ2n) is 6.24. The van der Waals surface area contributed by atoms with Crippen molar-refractivity contribution in [2.24, 2.45) is 0 Å². The van der Waals surface area contributed by atoms with E-state index in [-0.39, 0.29) is 24.3 Å². The summed E-state index contributed by atoms with van der Waals surface area (Å²) >= 11 is 7.54. The van der Waals surface area contributed by atoms with E-state index in [0.29, 0.717) is 11.6 Å². The van der Waals surface area contributed by atoms with Crippen LogP contribution >= 0.6 is 23.4 Å². The molecule has 1 heterocycles. The molecule has 27 heavy (non-hydrogen) atoms. The molecule has 2 aromatic rings. The van der Waals surface area contributed by atoms with Gasteiger partial charge in [0.1, 0.15) is 0 Å². The topological polar surface area (TPSA) is 49.4 Å². The fourth-order valence-electron chi connectivity index (χ4n) is 3.05. The molecule has 0 saturated heterocycles. The first kappa shape index (κ1) is 19.5. The Labute approximate surface area is 168 Å². The van der Waals surface area contributed by atoms with Gasteiger partial charge in [0.2, 0.25) is 11.8 Å². The summed E-state index contributed by atoms with van der Waals surface area (Å²) in [6, 6.07) is 15.2. The number of thioether (sulfide) groups is 1. The van der Waals surface area contributed by atoms with E-state index in [1.165, 1.54) is 6.92 Å². The average molecular weight is 401 g/mol. The van der Waals surface area contributed by atoms with Crippen molar-refractivity contribution in [3.8, 4) is 0 Å². The number of halogens is 1. The zero-order chi connectivity index (χ0) is 19.2. The van der Waals surface area contributed by atoms with Gasteiger partial charge in [-0.3, -0.25) is 9.59 Å². The van der Waals surface area contributed by atoms with Crippen molar-refractivity contribution in [1.29, 1.82) is 0 Å². The fourth-order valence-corrected chi connectivity index (χ4v) is 3.95. The molecule has 0 saturated carbocycles. The summed E-state index contributed by atoms with van der Waals surface area (Å²) in [7, 11) is 0. The molecule has 1 atom stereocenters. The van der Waals surface area contributed by atoms with Crippen LogP contribution in [0.5, 0.6) is 0 Å². The third-order valence-electron chi connectivity index (χ3n) is 4.35. The third-order valence-corrected chi connectivity index (χ3v) is 5.62. The van der Waals surface area contributed by atoms with Crippen LogP contribution in [0.15, 0.2) is 59.6 Å². The van der Waals surface area contributed by atoms with Gasteiger partial charge in [-0.25, -0.2) is 0 Å². The first-order valence-electron chi connectivity index (χ1n) is 8.75. The van der Waals surface area contributed by atoms with Crippen LogP contribution in [-0.4, -0.2) is 29.0 Å². The Balaban J connectivity index is 1.55. The summed E-state index contributed by atoms with van der Waals surface area (Å²) < 4.78 is 0. The molecular weight excluding hydrogens is 380 g/mol. The SMILES string of the molecule is CC(=O)N1C=Cc2ccccc2C1CC(=O)NCCSc1ccc(Cl)cc1. The Morgan fingerprint density at radius 2 is 1.89 bits per heavy atom. The van der Waals surface area contributed by atoms with Crippen LogP contribution in [0.3, 0.4) is 0 Å². The molecule has 0 aliphatic carbocycles. The van der Waals surface area contributed by atoms with E-state index in [4.69, 9.17) is 11.6 Å². The molecule has 0 radical (unpaired) electrons. The van der Waals surface area contributed by atoms with Gasteiger partial charge in [-0.15, -0.1) is 11.8 Å². The Morgan fingerprint density at radius 3 is 2.63 bits per heavy atom. The summed E-state index contributed by atoms with van der Waals surface area (Å²) in [5.74, 6) is 0.634. The van der Waals surface area contributed by atoms with Gasteiger partial charge in [0.15, 0.2) is 0 Å². The molecular formula is C21H21ClN2O2S. The molecule has 3 rings (SSSR count). The largest absolute Gasteiger partial charge is 0.355 e. The molecule has 0 aromatic heterocycles. The molecule has 2 amide bonds. The molecule has 0 bridgehead atoms. The smallest absolute Gasteiger partial charge is 0.223 e. The van der Waals surface area contributed by atoms with E-state index in [2.05, 4.69) is 5.32 Å². The monoisotopic (exact) mass is 400 g/mol. The zero-order valence-electron chi connectivity index (χ0n) is 15.0. The number of benzene rings is 2. The third kappa shape index (κ3) is 5.15. The van der Waals surface area contributed by atoms with Crippen molar-refractivity contribution in [2.45, 2.75) is 24.3 Å². The van der Waals surface area contributed by atoms with Gasteiger partial charge in [0, 0.05) is 35.3 Å². The lowest BCUT2D eigenvalue weighted by molar-refractivity contribution is -0.129. The number of fused-ring (bicyclic) bond motifs is 1. The zero-order valence-corrected chi connectivity index (χ0v) is 16.6. The Kier molecular flexibility index (Phi) is 6.58. The second kappa shape index (κ2) is 9.11. The van der Waals surface area contributed by atoms with Crippen molar-refractivity contribution >= 4 is 41.3 Å². The van der Waals surface area contributed by atoms with Gasteiger partial charge >= 0.3 is 0 Å². The van der Waals surface area contributed by atoms with Gasteiger partial charge < -0.3 is 10.2 Å². The maximum Gasteiger partial charge on any atom is 0.223 e. The lowest BCUT2D eigenvalue weighted by atomic mass is 9.93. The minimum absolute atomic E-state index is 0.0620. The van der Waals surface area contributed by atoms with Crippen LogP contribution in [0.25, 0.3) is 6.08 Å². The van der Waals surface area contributed by atoms with Crippen LogP contribution in [0.2, 0.25) is 5.02 Å². The molecule has 4 nitrogen and oxygen atoms in total. The highest BCUT2D eigenvalue weighted by atomic mass is 35.5. The van der Waals surface area contributed by atoms with Crippen molar-refractivity contribution in [3.63, 3.8) is 0 Å². The molecule has 2 aromatic carbocycles.